The van der Waals surface area contributed by atoms with Crippen molar-refractivity contribution in [2.75, 3.05) is 21.3 Å². The maximum absolute atomic E-state index is 9.03. The van der Waals surface area contributed by atoms with Crippen molar-refractivity contribution in [1.82, 2.24) is 0 Å². The maximum Gasteiger partial charge on any atom is 0.203 e. The molecule has 0 fully saturated rings. The summed E-state index contributed by atoms with van der Waals surface area (Å²) in [7, 11) is 4.64. The first-order valence-corrected chi connectivity index (χ1v) is 7.16. The smallest absolute Gasteiger partial charge is 0.203 e. The number of nitrogens with zero attached hydrogens (tertiary/aromatic N) is 2. The Labute approximate surface area is 140 Å². The lowest BCUT2D eigenvalue weighted by Crippen LogP contribution is -1.97. The van der Waals surface area contributed by atoms with Gasteiger partial charge >= 0.3 is 0 Å². The highest BCUT2D eigenvalue weighted by atomic mass is 16.6. The molecule has 0 aliphatic heterocycles. The lowest BCUT2D eigenvalue weighted by molar-refractivity contribution is 0.132. The molecule has 0 bridgehead atoms. The number of hydrogen-bond donors (Lipinski definition) is 0. The molecule has 0 N–H and O–H groups in total. The first-order valence-electron chi connectivity index (χ1n) is 7.16. The third-order valence-corrected chi connectivity index (χ3v) is 3.32. The molecule has 2 aromatic carbocycles. The van der Waals surface area contributed by atoms with Crippen LogP contribution >= 0.6 is 0 Å². The van der Waals surface area contributed by atoms with Gasteiger partial charge < -0.3 is 19.0 Å². The molecule has 6 nitrogen and oxygen atoms in total. The standard InChI is InChI=1S/C18H18N2O4/c1-21-16-8-13(9-17(22-2)18(16)23-3)11-20-24-12-15-7-5-4-6-14(15)10-19/h4-9,11H,12H2,1-3H3/b20-11-. The molecule has 0 unspecified atom stereocenters. The van der Waals surface area contributed by atoms with Crippen molar-refractivity contribution in [2.24, 2.45) is 5.16 Å². The van der Waals surface area contributed by atoms with Crippen LogP contribution in [0, 0.1) is 11.3 Å². The predicted molar refractivity (Wildman–Crippen MR) is 89.6 cm³/mol. The van der Waals surface area contributed by atoms with Crippen LogP contribution in [0.25, 0.3) is 0 Å². The zero-order chi connectivity index (χ0) is 17.4. The molecule has 2 aromatic rings. The van der Waals surface area contributed by atoms with Gasteiger partial charge in [0.1, 0.15) is 6.61 Å². The Morgan fingerprint density at radius 2 is 1.71 bits per heavy atom. The van der Waals surface area contributed by atoms with Crippen LogP contribution in [-0.4, -0.2) is 27.5 Å². The van der Waals surface area contributed by atoms with Crippen LogP contribution in [0.4, 0.5) is 0 Å². The quantitative estimate of drug-likeness (QED) is 0.577. The second-order valence-electron chi connectivity index (χ2n) is 4.74. The largest absolute Gasteiger partial charge is 0.493 e. The SMILES string of the molecule is COc1cc(/C=N\OCc2ccccc2C#N)cc(OC)c1OC. The number of hydrogen-bond acceptors (Lipinski definition) is 6. The second-order valence-corrected chi connectivity index (χ2v) is 4.74. The normalized spacial score (nSPS) is 10.2. The molecule has 0 amide bonds. The monoisotopic (exact) mass is 326 g/mol. The van der Waals surface area contributed by atoms with Gasteiger partial charge in [0.05, 0.1) is 39.2 Å². The van der Waals surface area contributed by atoms with E-state index in [1.54, 1.807) is 51.8 Å². The topological polar surface area (TPSA) is 73.1 Å². The summed E-state index contributed by atoms with van der Waals surface area (Å²) in [4.78, 5) is 5.28. The van der Waals surface area contributed by atoms with Crippen molar-refractivity contribution in [3.8, 4) is 23.3 Å². The van der Waals surface area contributed by atoms with Crippen LogP contribution in [0.2, 0.25) is 0 Å². The highest BCUT2D eigenvalue weighted by Gasteiger charge is 2.12. The van der Waals surface area contributed by atoms with Crippen LogP contribution in [0.5, 0.6) is 17.2 Å². The van der Waals surface area contributed by atoms with E-state index in [0.717, 1.165) is 11.1 Å². The van der Waals surface area contributed by atoms with Crippen molar-refractivity contribution >= 4 is 6.21 Å². The summed E-state index contributed by atoms with van der Waals surface area (Å²) in [5.74, 6) is 1.59. The Morgan fingerprint density at radius 3 is 2.29 bits per heavy atom. The molecule has 0 radical (unpaired) electrons. The summed E-state index contributed by atoms with van der Waals surface area (Å²) in [5.41, 5.74) is 2.08. The number of ether oxygens (including phenoxy) is 3. The Bertz CT molecular complexity index is 741. The molecule has 0 saturated heterocycles. The van der Waals surface area contributed by atoms with Crippen molar-refractivity contribution in [1.29, 1.82) is 5.26 Å². The Hall–Kier alpha value is -3.20. The Kier molecular flexibility index (Phi) is 6.03. The van der Waals surface area contributed by atoms with Crippen molar-refractivity contribution < 1.29 is 19.0 Å². The summed E-state index contributed by atoms with van der Waals surface area (Å²) in [5, 5.41) is 13.0. The summed E-state index contributed by atoms with van der Waals surface area (Å²) in [6.45, 7) is 0.213. The average molecular weight is 326 g/mol. The van der Waals surface area contributed by atoms with E-state index < -0.39 is 0 Å². The van der Waals surface area contributed by atoms with Crippen LogP contribution < -0.4 is 14.2 Å². The van der Waals surface area contributed by atoms with E-state index in [1.165, 1.54) is 0 Å². The van der Waals surface area contributed by atoms with Gasteiger partial charge in [0.15, 0.2) is 11.5 Å². The van der Waals surface area contributed by atoms with E-state index in [9.17, 15) is 0 Å². The zero-order valence-electron chi connectivity index (χ0n) is 13.8. The van der Waals surface area contributed by atoms with Gasteiger partial charge in [-0.05, 0) is 18.2 Å². The molecule has 0 atom stereocenters. The van der Waals surface area contributed by atoms with Gasteiger partial charge in [0.25, 0.3) is 0 Å². The van der Waals surface area contributed by atoms with Gasteiger partial charge in [-0.25, -0.2) is 0 Å². The highest BCUT2D eigenvalue weighted by molar-refractivity contribution is 5.82. The fourth-order valence-electron chi connectivity index (χ4n) is 2.14. The van der Waals surface area contributed by atoms with Crippen LogP contribution in [0.3, 0.4) is 0 Å². The van der Waals surface area contributed by atoms with Gasteiger partial charge in [-0.15, -0.1) is 0 Å². The van der Waals surface area contributed by atoms with Crippen LogP contribution in [-0.2, 0) is 11.4 Å². The molecular formula is C18H18N2O4. The lowest BCUT2D eigenvalue weighted by atomic mass is 10.1. The fourth-order valence-corrected chi connectivity index (χ4v) is 2.14. The number of nitriles is 1. The fraction of sp³-hybridized carbons (Fsp3) is 0.222. The second kappa shape index (κ2) is 8.44. The van der Waals surface area contributed by atoms with Gasteiger partial charge in [-0.1, -0.05) is 23.4 Å². The Balaban J connectivity index is 2.11. The molecule has 24 heavy (non-hydrogen) atoms. The van der Waals surface area contributed by atoms with Gasteiger partial charge in [0.2, 0.25) is 5.75 Å². The minimum atomic E-state index is 0.213. The maximum atomic E-state index is 9.03. The van der Waals surface area contributed by atoms with E-state index in [-0.39, 0.29) is 6.61 Å². The molecule has 124 valence electrons. The van der Waals surface area contributed by atoms with Crippen molar-refractivity contribution in [2.45, 2.75) is 6.61 Å². The third kappa shape index (κ3) is 3.96. The third-order valence-electron chi connectivity index (χ3n) is 3.32. The number of methoxy groups -OCH3 is 3. The Morgan fingerprint density at radius 1 is 1.04 bits per heavy atom. The summed E-state index contributed by atoms with van der Waals surface area (Å²) < 4.78 is 15.8. The van der Waals surface area contributed by atoms with E-state index in [0.29, 0.717) is 22.8 Å². The molecule has 0 aliphatic rings. The number of oxime groups is 1. The molecule has 6 heteroatoms. The van der Waals surface area contributed by atoms with E-state index in [4.69, 9.17) is 24.3 Å². The van der Waals surface area contributed by atoms with Crippen LogP contribution in [0.1, 0.15) is 16.7 Å². The number of benzene rings is 2. The average Bonchev–Trinajstić information content (AvgIpc) is 2.64. The molecule has 0 saturated carbocycles. The summed E-state index contributed by atoms with van der Waals surface area (Å²) in [6, 6.07) is 12.9. The number of rotatable bonds is 7. The molecule has 0 heterocycles. The van der Waals surface area contributed by atoms with Crippen LogP contribution in [0.15, 0.2) is 41.6 Å². The summed E-state index contributed by atoms with van der Waals surface area (Å²) >= 11 is 0. The van der Waals surface area contributed by atoms with Gasteiger partial charge in [-0.3, -0.25) is 0 Å². The highest BCUT2D eigenvalue weighted by Crippen LogP contribution is 2.37. The van der Waals surface area contributed by atoms with E-state index in [2.05, 4.69) is 11.2 Å². The molecule has 0 spiro atoms. The molecular weight excluding hydrogens is 308 g/mol. The van der Waals surface area contributed by atoms with Gasteiger partial charge in [0, 0.05) is 11.1 Å². The van der Waals surface area contributed by atoms with Gasteiger partial charge in [-0.2, -0.15) is 5.26 Å². The van der Waals surface area contributed by atoms with Crippen molar-refractivity contribution in [3.05, 3.63) is 53.1 Å². The lowest BCUT2D eigenvalue weighted by Gasteiger charge is -2.12. The molecule has 0 aromatic heterocycles. The zero-order valence-corrected chi connectivity index (χ0v) is 13.8. The first kappa shape index (κ1) is 17.2. The first-order chi connectivity index (χ1) is 11.7. The van der Waals surface area contributed by atoms with E-state index >= 15 is 0 Å². The minimum Gasteiger partial charge on any atom is -0.493 e. The van der Waals surface area contributed by atoms with E-state index in [1.807, 2.05) is 12.1 Å². The summed E-state index contributed by atoms with van der Waals surface area (Å²) in [6.07, 6.45) is 1.54. The molecule has 2 rings (SSSR count). The molecule has 0 aliphatic carbocycles. The van der Waals surface area contributed by atoms with Crippen molar-refractivity contribution in [3.63, 3.8) is 0 Å². The minimum absolute atomic E-state index is 0.213. The predicted octanol–water partition coefficient (Wildman–Crippen LogP) is 3.13.